The van der Waals surface area contributed by atoms with E-state index < -0.39 is 6.09 Å². The molecule has 1 atom stereocenters. The summed E-state index contributed by atoms with van der Waals surface area (Å²) >= 11 is 0. The summed E-state index contributed by atoms with van der Waals surface area (Å²) in [6.07, 6.45) is 3.58. The van der Waals surface area contributed by atoms with Gasteiger partial charge in [0.15, 0.2) is 0 Å². The SMILES string of the molecule is COc1cc(C2=CCC(C)CN2C(=O)O)cnc1C. The molecule has 102 valence electrons. The zero-order chi connectivity index (χ0) is 14.0. The maximum Gasteiger partial charge on any atom is 0.411 e. The van der Waals surface area contributed by atoms with Gasteiger partial charge in [-0.15, -0.1) is 0 Å². The van der Waals surface area contributed by atoms with Crippen LogP contribution in [0.1, 0.15) is 24.6 Å². The molecule has 0 fully saturated rings. The van der Waals surface area contributed by atoms with Crippen LogP contribution in [-0.2, 0) is 0 Å². The maximum absolute atomic E-state index is 11.3. The standard InChI is InChI=1S/C14H18N2O3/c1-9-4-5-12(16(8-9)14(17)18)11-6-13(19-3)10(2)15-7-11/h5-7,9H,4,8H2,1-3H3,(H,17,18). The van der Waals surface area contributed by atoms with Gasteiger partial charge in [-0.2, -0.15) is 0 Å². The Morgan fingerprint density at radius 3 is 2.95 bits per heavy atom. The number of rotatable bonds is 2. The van der Waals surface area contributed by atoms with Gasteiger partial charge in [-0.25, -0.2) is 4.79 Å². The van der Waals surface area contributed by atoms with Gasteiger partial charge in [0, 0.05) is 18.3 Å². The molecule has 0 aliphatic carbocycles. The van der Waals surface area contributed by atoms with Crippen molar-refractivity contribution in [2.75, 3.05) is 13.7 Å². The van der Waals surface area contributed by atoms with Crippen LogP contribution in [-0.4, -0.2) is 34.7 Å². The lowest BCUT2D eigenvalue weighted by molar-refractivity contribution is 0.159. The Bertz CT molecular complexity index is 525. The lowest BCUT2D eigenvalue weighted by Crippen LogP contribution is -2.34. The number of allylic oxidation sites excluding steroid dienone is 1. The van der Waals surface area contributed by atoms with E-state index in [4.69, 9.17) is 4.74 Å². The molecule has 2 heterocycles. The number of hydrogen-bond acceptors (Lipinski definition) is 3. The van der Waals surface area contributed by atoms with Gasteiger partial charge in [-0.1, -0.05) is 13.0 Å². The molecule has 5 heteroatoms. The summed E-state index contributed by atoms with van der Waals surface area (Å²) in [4.78, 5) is 17.0. The fourth-order valence-electron chi connectivity index (χ4n) is 2.22. The number of aromatic nitrogens is 1. The highest BCUT2D eigenvalue weighted by molar-refractivity contribution is 5.81. The van der Waals surface area contributed by atoms with E-state index in [1.54, 1.807) is 13.3 Å². The third-order valence-electron chi connectivity index (χ3n) is 3.29. The number of carbonyl (C=O) groups is 1. The molecule has 19 heavy (non-hydrogen) atoms. The van der Waals surface area contributed by atoms with Crippen molar-refractivity contribution in [3.63, 3.8) is 0 Å². The van der Waals surface area contributed by atoms with Gasteiger partial charge in [-0.05, 0) is 25.3 Å². The molecule has 1 amide bonds. The Balaban J connectivity index is 2.41. The highest BCUT2D eigenvalue weighted by atomic mass is 16.5. The highest BCUT2D eigenvalue weighted by Gasteiger charge is 2.25. The fraction of sp³-hybridized carbons (Fsp3) is 0.429. The van der Waals surface area contributed by atoms with Crippen LogP contribution in [0.4, 0.5) is 4.79 Å². The second kappa shape index (κ2) is 5.30. The molecule has 1 N–H and O–H groups in total. The summed E-state index contributed by atoms with van der Waals surface area (Å²) in [6.45, 7) is 4.41. The van der Waals surface area contributed by atoms with Crippen LogP contribution in [0.2, 0.25) is 0 Å². The topological polar surface area (TPSA) is 62.7 Å². The maximum atomic E-state index is 11.3. The second-order valence-corrected chi connectivity index (χ2v) is 4.84. The van der Waals surface area contributed by atoms with Crippen molar-refractivity contribution < 1.29 is 14.6 Å². The monoisotopic (exact) mass is 262 g/mol. The zero-order valence-electron chi connectivity index (χ0n) is 11.4. The smallest absolute Gasteiger partial charge is 0.411 e. The molecule has 2 rings (SSSR count). The van der Waals surface area contributed by atoms with Gasteiger partial charge in [0.1, 0.15) is 5.75 Å². The number of carboxylic acid groups (broad SMARTS) is 1. The minimum atomic E-state index is -0.933. The van der Waals surface area contributed by atoms with Crippen molar-refractivity contribution in [3.05, 3.63) is 29.6 Å². The minimum absolute atomic E-state index is 0.333. The Morgan fingerprint density at radius 1 is 1.58 bits per heavy atom. The zero-order valence-corrected chi connectivity index (χ0v) is 11.4. The van der Waals surface area contributed by atoms with Crippen LogP contribution >= 0.6 is 0 Å². The summed E-state index contributed by atoms with van der Waals surface area (Å²) in [7, 11) is 1.58. The van der Waals surface area contributed by atoms with E-state index in [0.29, 0.717) is 23.9 Å². The molecule has 1 unspecified atom stereocenters. The van der Waals surface area contributed by atoms with Crippen molar-refractivity contribution >= 4 is 11.8 Å². The number of pyridine rings is 1. The van der Waals surface area contributed by atoms with Gasteiger partial charge in [0.25, 0.3) is 0 Å². The lowest BCUT2D eigenvalue weighted by Gasteiger charge is -2.30. The lowest BCUT2D eigenvalue weighted by atomic mass is 9.99. The quantitative estimate of drug-likeness (QED) is 0.890. The molecule has 0 spiro atoms. The van der Waals surface area contributed by atoms with Crippen molar-refractivity contribution in [2.24, 2.45) is 5.92 Å². The van der Waals surface area contributed by atoms with Crippen molar-refractivity contribution in [1.82, 2.24) is 9.88 Å². The first-order valence-electron chi connectivity index (χ1n) is 6.24. The summed E-state index contributed by atoms with van der Waals surface area (Å²) in [5.41, 5.74) is 2.26. The Labute approximate surface area is 112 Å². The van der Waals surface area contributed by atoms with E-state index >= 15 is 0 Å². The number of methoxy groups -OCH3 is 1. The summed E-state index contributed by atoms with van der Waals surface area (Å²) in [5.74, 6) is 1.00. The van der Waals surface area contributed by atoms with E-state index in [1.807, 2.05) is 26.0 Å². The Hall–Kier alpha value is -2.04. The van der Waals surface area contributed by atoms with Gasteiger partial charge in [0.2, 0.25) is 0 Å². The van der Waals surface area contributed by atoms with Crippen LogP contribution in [0.3, 0.4) is 0 Å². The molecular formula is C14H18N2O3. The van der Waals surface area contributed by atoms with Gasteiger partial charge in [-0.3, -0.25) is 9.88 Å². The normalized spacial score (nSPS) is 19.0. The van der Waals surface area contributed by atoms with E-state index in [2.05, 4.69) is 4.98 Å². The molecule has 1 aromatic rings. The highest BCUT2D eigenvalue weighted by Crippen LogP contribution is 2.29. The Morgan fingerprint density at radius 2 is 2.32 bits per heavy atom. The first-order valence-corrected chi connectivity index (χ1v) is 6.24. The molecule has 0 bridgehead atoms. The molecule has 0 aromatic carbocycles. The van der Waals surface area contributed by atoms with Crippen LogP contribution < -0.4 is 4.74 Å². The van der Waals surface area contributed by atoms with E-state index in [0.717, 1.165) is 17.7 Å². The van der Waals surface area contributed by atoms with Crippen LogP contribution in [0.15, 0.2) is 18.3 Å². The number of ether oxygens (including phenoxy) is 1. The number of nitrogens with zero attached hydrogens (tertiary/aromatic N) is 2. The summed E-state index contributed by atoms with van der Waals surface area (Å²) < 4.78 is 5.24. The van der Waals surface area contributed by atoms with E-state index in [1.165, 1.54) is 4.90 Å². The van der Waals surface area contributed by atoms with Crippen molar-refractivity contribution in [2.45, 2.75) is 20.3 Å². The first-order chi connectivity index (χ1) is 9.02. The van der Waals surface area contributed by atoms with Crippen LogP contribution in [0.5, 0.6) is 5.75 Å². The molecule has 0 saturated heterocycles. The molecular weight excluding hydrogens is 244 g/mol. The van der Waals surface area contributed by atoms with Gasteiger partial charge < -0.3 is 9.84 Å². The predicted molar refractivity (Wildman–Crippen MR) is 72.0 cm³/mol. The van der Waals surface area contributed by atoms with Crippen molar-refractivity contribution in [3.8, 4) is 5.75 Å². The number of amides is 1. The van der Waals surface area contributed by atoms with Gasteiger partial charge >= 0.3 is 6.09 Å². The number of hydrogen-bond donors (Lipinski definition) is 1. The van der Waals surface area contributed by atoms with Crippen molar-refractivity contribution in [1.29, 1.82) is 0 Å². The largest absolute Gasteiger partial charge is 0.495 e. The Kier molecular flexibility index (Phi) is 3.74. The molecule has 1 aromatic heterocycles. The minimum Gasteiger partial charge on any atom is -0.495 e. The third-order valence-corrected chi connectivity index (χ3v) is 3.29. The molecule has 1 aliphatic rings. The van der Waals surface area contributed by atoms with Crippen LogP contribution in [0.25, 0.3) is 5.70 Å². The summed E-state index contributed by atoms with van der Waals surface area (Å²) in [5, 5.41) is 9.30. The third kappa shape index (κ3) is 2.70. The average molecular weight is 262 g/mol. The first kappa shape index (κ1) is 13.4. The molecule has 5 nitrogen and oxygen atoms in total. The molecule has 0 saturated carbocycles. The van der Waals surface area contributed by atoms with Crippen LogP contribution in [0, 0.1) is 12.8 Å². The molecule has 0 radical (unpaired) electrons. The number of aryl methyl sites for hydroxylation is 1. The van der Waals surface area contributed by atoms with Gasteiger partial charge in [0.05, 0.1) is 18.5 Å². The van der Waals surface area contributed by atoms with E-state index in [9.17, 15) is 9.90 Å². The second-order valence-electron chi connectivity index (χ2n) is 4.84. The molecule has 1 aliphatic heterocycles. The fourth-order valence-corrected chi connectivity index (χ4v) is 2.22. The average Bonchev–Trinajstić information content (AvgIpc) is 2.39. The van der Waals surface area contributed by atoms with E-state index in [-0.39, 0.29) is 0 Å². The summed E-state index contributed by atoms with van der Waals surface area (Å²) in [6, 6.07) is 1.83. The predicted octanol–water partition coefficient (Wildman–Crippen LogP) is 2.76.